The highest BCUT2D eigenvalue weighted by Crippen LogP contribution is 2.42. The highest BCUT2D eigenvalue weighted by Gasteiger charge is 2.54. The molecule has 4 heterocycles. The minimum absolute atomic E-state index is 0.160. The number of carbonyl (C=O) groups is 3. The zero-order valence-corrected chi connectivity index (χ0v) is 21.2. The molecule has 0 radical (unpaired) electrons. The van der Waals surface area contributed by atoms with E-state index in [9.17, 15) is 29.7 Å². The number of hydrogen-bond acceptors (Lipinski definition) is 12. The number of nitrogens with zero attached hydrogens (tertiary/aromatic N) is 4. The van der Waals surface area contributed by atoms with Crippen molar-refractivity contribution >= 4 is 56.9 Å². The summed E-state index contributed by atoms with van der Waals surface area (Å²) in [6.07, 6.45) is 0.685. The Kier molecular flexibility index (Phi) is 6.46. The minimum Gasteiger partial charge on any atom is -0.504 e. The summed E-state index contributed by atoms with van der Waals surface area (Å²) in [5.74, 6) is -3.15. The molecule has 2 aromatic heterocycles. The number of carboxylic acid groups (broad SMARTS) is 1. The number of fused-ring (bicyclic) bond motifs is 1. The zero-order valence-electron chi connectivity index (χ0n) is 19.6. The first-order chi connectivity index (χ1) is 18.2. The van der Waals surface area contributed by atoms with Gasteiger partial charge in [0.25, 0.3) is 11.8 Å². The van der Waals surface area contributed by atoms with Gasteiger partial charge in [0.2, 0.25) is 0 Å². The van der Waals surface area contributed by atoms with Crippen LogP contribution >= 0.6 is 22.7 Å². The molecule has 0 spiro atoms. The first-order valence-electron chi connectivity index (χ1n) is 11.1. The largest absolute Gasteiger partial charge is 0.504 e. The van der Waals surface area contributed by atoms with Gasteiger partial charge in [0.1, 0.15) is 29.6 Å². The normalized spacial score (nSPS) is 19.1. The molecule has 2 aliphatic rings. The van der Waals surface area contributed by atoms with Crippen LogP contribution in [0.1, 0.15) is 24.2 Å². The van der Waals surface area contributed by atoms with Crippen LogP contribution in [0, 0.1) is 0 Å². The summed E-state index contributed by atoms with van der Waals surface area (Å²) < 4.78 is 0. The molecule has 1 aromatic carbocycles. The van der Waals surface area contributed by atoms with E-state index in [4.69, 9.17) is 10.6 Å². The molecule has 0 unspecified atom stereocenters. The van der Waals surface area contributed by atoms with Crippen LogP contribution in [0.4, 0.5) is 5.13 Å². The van der Waals surface area contributed by atoms with E-state index in [1.165, 1.54) is 40.9 Å². The average molecular weight is 557 g/mol. The Hall–Kier alpha value is -4.50. The molecular formula is C23H20N6O7S2. The zero-order chi connectivity index (χ0) is 27.1. The summed E-state index contributed by atoms with van der Waals surface area (Å²) in [5, 5.41) is 39.6. The van der Waals surface area contributed by atoms with Crippen molar-refractivity contribution < 1.29 is 34.5 Å². The molecule has 38 heavy (non-hydrogen) atoms. The van der Waals surface area contributed by atoms with Crippen LogP contribution < -0.4 is 11.1 Å². The molecule has 0 aliphatic carbocycles. The van der Waals surface area contributed by atoms with Crippen molar-refractivity contribution in [3.05, 3.63) is 46.0 Å². The summed E-state index contributed by atoms with van der Waals surface area (Å²) in [5.41, 5.74) is 6.80. The van der Waals surface area contributed by atoms with E-state index in [2.05, 4.69) is 20.4 Å². The van der Waals surface area contributed by atoms with Gasteiger partial charge in [-0.25, -0.2) is 14.8 Å². The summed E-state index contributed by atoms with van der Waals surface area (Å²) in [6, 6.07) is 2.74. The number of benzene rings is 1. The lowest BCUT2D eigenvalue weighted by molar-refractivity contribution is -0.154. The lowest BCUT2D eigenvalue weighted by Gasteiger charge is -2.50. The Balaban J connectivity index is 1.39. The third-order valence-corrected chi connectivity index (χ3v) is 7.69. The quantitative estimate of drug-likeness (QED) is 0.123. The third kappa shape index (κ3) is 4.31. The fourth-order valence-corrected chi connectivity index (χ4v) is 5.80. The Bertz CT molecular complexity index is 1530. The van der Waals surface area contributed by atoms with Gasteiger partial charge in [0.15, 0.2) is 22.3 Å². The number of aromatic nitrogens is 2. The number of carbonyl (C=O) groups excluding carboxylic acids is 2. The standard InChI is InChI=1S/C23H20N6O7S2/c1-36-28-16(12-8-38-23(24)26-12)19(32)27-17-13-4-3-10(18(22(34)35)29(13)21(17)33)11-7-37-20(25-11)9-2-5-14(30)15(31)6-9/h2,5-8,13,17,30-31H,3-4H2,1H3,(H2,24,26)(H,27,32)(H,34,35)/b28-16-/t13-,17+/m1/s1. The van der Waals surface area contributed by atoms with E-state index < -0.39 is 29.9 Å². The van der Waals surface area contributed by atoms with Gasteiger partial charge >= 0.3 is 5.97 Å². The lowest BCUT2D eigenvalue weighted by atomic mass is 9.82. The van der Waals surface area contributed by atoms with E-state index in [0.717, 1.165) is 11.3 Å². The highest BCUT2D eigenvalue weighted by atomic mass is 32.1. The van der Waals surface area contributed by atoms with Crippen LogP contribution in [0.3, 0.4) is 0 Å². The van der Waals surface area contributed by atoms with Crippen LogP contribution in [-0.4, -0.2) is 72.9 Å². The Labute approximate surface area is 222 Å². The molecule has 5 rings (SSSR count). The molecule has 0 bridgehead atoms. The van der Waals surface area contributed by atoms with E-state index in [1.807, 2.05) is 0 Å². The minimum atomic E-state index is -1.29. The fraction of sp³-hybridized carbons (Fsp3) is 0.217. The summed E-state index contributed by atoms with van der Waals surface area (Å²) in [7, 11) is 1.26. The van der Waals surface area contributed by atoms with Gasteiger partial charge in [-0.15, -0.1) is 22.7 Å². The smallest absolute Gasteiger partial charge is 0.352 e. The molecule has 0 saturated carbocycles. The molecule has 196 valence electrons. The molecule has 2 atom stereocenters. The van der Waals surface area contributed by atoms with Crippen molar-refractivity contribution in [3.8, 4) is 22.1 Å². The molecule has 6 N–H and O–H groups in total. The number of nitrogens with two attached hydrogens (primary N) is 1. The SMILES string of the molecule is CO/N=C(\C(=O)N[C@@H]1C(=O)N2C(C(=O)O)=C(c3csc(-c4ccc(O)c(O)c4)n3)CC[C@H]12)c1csc(N)n1. The fourth-order valence-electron chi connectivity index (χ4n) is 4.42. The maximum absolute atomic E-state index is 13.1. The maximum Gasteiger partial charge on any atom is 0.352 e. The number of β-lactam (4-membered cyclic amide) rings is 1. The average Bonchev–Trinajstić information content (AvgIpc) is 3.55. The highest BCUT2D eigenvalue weighted by molar-refractivity contribution is 7.13. The van der Waals surface area contributed by atoms with E-state index in [0.29, 0.717) is 34.7 Å². The topological polar surface area (TPSA) is 201 Å². The number of aliphatic carboxylic acids is 1. The molecule has 2 aliphatic heterocycles. The van der Waals surface area contributed by atoms with E-state index in [1.54, 1.807) is 11.4 Å². The number of phenolic OH excluding ortho intramolecular Hbond substituents is 2. The second-order valence-electron chi connectivity index (χ2n) is 8.33. The Morgan fingerprint density at radius 2 is 2.00 bits per heavy atom. The number of oxime groups is 1. The van der Waals surface area contributed by atoms with Crippen molar-refractivity contribution in [1.82, 2.24) is 20.2 Å². The van der Waals surface area contributed by atoms with Crippen LogP contribution in [0.25, 0.3) is 16.1 Å². The van der Waals surface area contributed by atoms with Gasteiger partial charge in [-0.05, 0) is 31.0 Å². The van der Waals surface area contributed by atoms with Crippen molar-refractivity contribution in [2.45, 2.75) is 24.9 Å². The number of nitrogens with one attached hydrogen (secondary N) is 1. The van der Waals surface area contributed by atoms with Crippen molar-refractivity contribution in [2.75, 3.05) is 12.8 Å². The number of phenols is 2. The number of rotatable bonds is 7. The van der Waals surface area contributed by atoms with Gasteiger partial charge in [0, 0.05) is 21.9 Å². The number of nitrogen functional groups attached to an aromatic ring is 1. The van der Waals surface area contributed by atoms with Crippen LogP contribution in [0.5, 0.6) is 11.5 Å². The molecule has 15 heteroatoms. The second-order valence-corrected chi connectivity index (χ2v) is 10.1. The summed E-state index contributed by atoms with van der Waals surface area (Å²) in [4.78, 5) is 52.7. The van der Waals surface area contributed by atoms with Crippen LogP contribution in [0.15, 0.2) is 39.8 Å². The first-order valence-corrected chi connectivity index (χ1v) is 12.9. The lowest BCUT2D eigenvalue weighted by Crippen LogP contribution is -2.72. The van der Waals surface area contributed by atoms with E-state index >= 15 is 0 Å². The van der Waals surface area contributed by atoms with Crippen molar-refractivity contribution in [1.29, 1.82) is 0 Å². The predicted molar refractivity (Wildman–Crippen MR) is 137 cm³/mol. The number of hydrogen-bond donors (Lipinski definition) is 5. The number of aromatic hydroxyl groups is 2. The summed E-state index contributed by atoms with van der Waals surface area (Å²) >= 11 is 2.34. The first kappa shape index (κ1) is 25.2. The van der Waals surface area contributed by atoms with Crippen molar-refractivity contribution in [2.24, 2.45) is 5.16 Å². The van der Waals surface area contributed by atoms with Gasteiger partial charge in [0.05, 0.1) is 11.7 Å². The number of amides is 2. The summed E-state index contributed by atoms with van der Waals surface area (Å²) in [6.45, 7) is 0. The third-order valence-electron chi connectivity index (χ3n) is 6.12. The number of allylic oxidation sites excluding steroid dienone is 1. The Morgan fingerprint density at radius 1 is 1.21 bits per heavy atom. The predicted octanol–water partition coefficient (Wildman–Crippen LogP) is 1.60. The monoisotopic (exact) mass is 556 g/mol. The Morgan fingerprint density at radius 3 is 2.66 bits per heavy atom. The molecule has 1 fully saturated rings. The number of thiazole rings is 2. The van der Waals surface area contributed by atoms with Crippen molar-refractivity contribution in [3.63, 3.8) is 0 Å². The van der Waals surface area contributed by atoms with Gasteiger partial charge < -0.3 is 31.2 Å². The van der Waals surface area contributed by atoms with E-state index in [-0.39, 0.29) is 33.7 Å². The molecule has 1 saturated heterocycles. The van der Waals surface area contributed by atoms with Crippen LogP contribution in [0.2, 0.25) is 0 Å². The van der Waals surface area contributed by atoms with Gasteiger partial charge in [-0.2, -0.15) is 0 Å². The van der Waals surface area contributed by atoms with Gasteiger partial charge in [-0.3, -0.25) is 14.5 Å². The van der Waals surface area contributed by atoms with Crippen LogP contribution in [-0.2, 0) is 19.2 Å². The van der Waals surface area contributed by atoms with Gasteiger partial charge in [-0.1, -0.05) is 5.16 Å². The maximum atomic E-state index is 13.1. The number of anilines is 1. The molecule has 3 aromatic rings. The molecular weight excluding hydrogens is 536 g/mol. The molecule has 2 amide bonds. The number of carboxylic acids is 1. The second kappa shape index (κ2) is 9.75. The molecule has 13 nitrogen and oxygen atoms in total.